The van der Waals surface area contributed by atoms with Gasteiger partial charge < -0.3 is 14.2 Å². The molecule has 0 bridgehead atoms. The summed E-state index contributed by atoms with van der Waals surface area (Å²) < 4.78 is 15.5. The summed E-state index contributed by atoms with van der Waals surface area (Å²) in [5.74, 6) is -0.120. The van der Waals surface area contributed by atoms with Gasteiger partial charge in [-0.3, -0.25) is 4.79 Å². The lowest BCUT2D eigenvalue weighted by molar-refractivity contribution is -0.145. The van der Waals surface area contributed by atoms with Crippen LogP contribution in [-0.4, -0.2) is 44.3 Å². The SMILES string of the molecule is CCCCCCC(=O)OCCOCCOCCBr. The Hall–Kier alpha value is -0.130. The Morgan fingerprint density at radius 2 is 1.61 bits per heavy atom. The fourth-order valence-electron chi connectivity index (χ4n) is 1.36. The first-order valence-electron chi connectivity index (χ1n) is 6.68. The predicted octanol–water partition coefficient (Wildman–Crippen LogP) is 2.93. The Labute approximate surface area is 118 Å². The molecule has 0 rings (SSSR count). The molecule has 0 amide bonds. The van der Waals surface area contributed by atoms with E-state index in [9.17, 15) is 4.79 Å². The predicted molar refractivity (Wildman–Crippen MR) is 75.2 cm³/mol. The summed E-state index contributed by atoms with van der Waals surface area (Å²) in [5.41, 5.74) is 0. The van der Waals surface area contributed by atoms with Crippen LogP contribution in [-0.2, 0) is 19.0 Å². The van der Waals surface area contributed by atoms with Gasteiger partial charge >= 0.3 is 5.97 Å². The van der Waals surface area contributed by atoms with Crippen LogP contribution < -0.4 is 0 Å². The van der Waals surface area contributed by atoms with E-state index in [1.165, 1.54) is 12.8 Å². The monoisotopic (exact) mass is 324 g/mol. The van der Waals surface area contributed by atoms with Crippen LogP contribution in [0, 0.1) is 0 Å². The molecule has 4 nitrogen and oxygen atoms in total. The fourth-order valence-corrected chi connectivity index (χ4v) is 1.59. The van der Waals surface area contributed by atoms with Gasteiger partial charge in [-0.15, -0.1) is 0 Å². The van der Waals surface area contributed by atoms with Crippen molar-refractivity contribution >= 4 is 21.9 Å². The maximum Gasteiger partial charge on any atom is 0.305 e. The number of alkyl halides is 1. The van der Waals surface area contributed by atoms with E-state index in [0.29, 0.717) is 39.5 Å². The number of unbranched alkanes of at least 4 members (excludes halogenated alkanes) is 3. The largest absolute Gasteiger partial charge is 0.463 e. The quantitative estimate of drug-likeness (QED) is 0.297. The average Bonchev–Trinajstić information content (AvgIpc) is 2.38. The Balaban J connectivity index is 3.10. The number of esters is 1. The highest BCUT2D eigenvalue weighted by Gasteiger charge is 2.01. The van der Waals surface area contributed by atoms with Gasteiger partial charge in [-0.05, 0) is 6.42 Å². The first kappa shape index (κ1) is 17.9. The molecule has 0 fully saturated rings. The molecule has 108 valence electrons. The normalized spacial score (nSPS) is 10.6. The summed E-state index contributed by atoms with van der Waals surface area (Å²) in [5, 5.41) is 0.836. The topological polar surface area (TPSA) is 44.8 Å². The number of ether oxygens (including phenoxy) is 3. The Morgan fingerprint density at radius 1 is 0.944 bits per heavy atom. The van der Waals surface area contributed by atoms with E-state index in [0.717, 1.165) is 18.2 Å². The molecular weight excluding hydrogens is 300 g/mol. The zero-order chi connectivity index (χ0) is 13.5. The lowest BCUT2D eigenvalue weighted by atomic mass is 10.2. The van der Waals surface area contributed by atoms with Crippen molar-refractivity contribution in [3.63, 3.8) is 0 Å². The van der Waals surface area contributed by atoms with Crippen LogP contribution in [0.2, 0.25) is 0 Å². The van der Waals surface area contributed by atoms with Crippen molar-refractivity contribution in [2.45, 2.75) is 39.0 Å². The van der Waals surface area contributed by atoms with Gasteiger partial charge in [0.05, 0.1) is 26.4 Å². The molecule has 0 spiro atoms. The molecule has 18 heavy (non-hydrogen) atoms. The van der Waals surface area contributed by atoms with Crippen LogP contribution >= 0.6 is 15.9 Å². The highest BCUT2D eigenvalue weighted by Crippen LogP contribution is 2.03. The highest BCUT2D eigenvalue weighted by atomic mass is 79.9. The number of carbonyl (C=O) groups excluding carboxylic acids is 1. The van der Waals surface area contributed by atoms with Crippen molar-refractivity contribution < 1.29 is 19.0 Å². The summed E-state index contributed by atoms with van der Waals surface area (Å²) in [6.07, 6.45) is 4.92. The van der Waals surface area contributed by atoms with Crippen LogP contribution in [0.15, 0.2) is 0 Å². The maximum absolute atomic E-state index is 11.3. The molecule has 0 aliphatic rings. The van der Waals surface area contributed by atoms with Crippen molar-refractivity contribution in [2.75, 3.05) is 38.4 Å². The third-order valence-corrected chi connectivity index (χ3v) is 2.64. The molecule has 0 radical (unpaired) electrons. The molecule has 0 aromatic rings. The Kier molecular flexibility index (Phi) is 14.8. The van der Waals surface area contributed by atoms with Gasteiger partial charge in [-0.1, -0.05) is 42.1 Å². The maximum atomic E-state index is 11.3. The lowest BCUT2D eigenvalue weighted by Gasteiger charge is -2.06. The lowest BCUT2D eigenvalue weighted by Crippen LogP contribution is -2.13. The minimum atomic E-state index is -0.120. The van der Waals surface area contributed by atoms with E-state index in [1.807, 2.05) is 0 Å². The van der Waals surface area contributed by atoms with E-state index >= 15 is 0 Å². The van der Waals surface area contributed by atoms with E-state index in [4.69, 9.17) is 14.2 Å². The van der Waals surface area contributed by atoms with Crippen LogP contribution in [0.25, 0.3) is 0 Å². The van der Waals surface area contributed by atoms with Gasteiger partial charge in [-0.2, -0.15) is 0 Å². The van der Waals surface area contributed by atoms with Crippen molar-refractivity contribution in [1.82, 2.24) is 0 Å². The number of hydrogen-bond acceptors (Lipinski definition) is 4. The molecular formula is C13H25BrO4. The van der Waals surface area contributed by atoms with E-state index in [-0.39, 0.29) is 5.97 Å². The van der Waals surface area contributed by atoms with E-state index < -0.39 is 0 Å². The van der Waals surface area contributed by atoms with Crippen LogP contribution in [0.1, 0.15) is 39.0 Å². The second-order valence-electron chi connectivity index (χ2n) is 3.94. The van der Waals surface area contributed by atoms with Crippen LogP contribution in [0.4, 0.5) is 0 Å². The number of halogens is 1. The Morgan fingerprint density at radius 3 is 2.28 bits per heavy atom. The number of rotatable bonds is 13. The zero-order valence-corrected chi connectivity index (χ0v) is 12.9. The van der Waals surface area contributed by atoms with Gasteiger partial charge in [0.25, 0.3) is 0 Å². The van der Waals surface area contributed by atoms with Crippen molar-refractivity contribution in [1.29, 1.82) is 0 Å². The molecule has 5 heteroatoms. The van der Waals surface area contributed by atoms with Gasteiger partial charge in [-0.25, -0.2) is 0 Å². The molecule has 0 aliphatic heterocycles. The summed E-state index contributed by atoms with van der Waals surface area (Å²) >= 11 is 3.27. The molecule has 0 aromatic carbocycles. The van der Waals surface area contributed by atoms with Crippen molar-refractivity contribution in [3.8, 4) is 0 Å². The van der Waals surface area contributed by atoms with Crippen LogP contribution in [0.3, 0.4) is 0 Å². The van der Waals surface area contributed by atoms with Crippen LogP contribution in [0.5, 0.6) is 0 Å². The number of carbonyl (C=O) groups is 1. The summed E-state index contributed by atoms with van der Waals surface area (Å²) in [6.45, 7) is 4.74. The van der Waals surface area contributed by atoms with E-state index in [1.54, 1.807) is 0 Å². The van der Waals surface area contributed by atoms with Gasteiger partial charge in [0.2, 0.25) is 0 Å². The summed E-state index contributed by atoms with van der Waals surface area (Å²) in [6, 6.07) is 0. The standard InChI is InChI=1S/C13H25BrO4/c1-2-3-4-5-6-13(15)18-12-11-17-10-9-16-8-7-14/h2-12H2,1H3. The second kappa shape index (κ2) is 14.9. The Bertz CT molecular complexity index is 188. The summed E-state index contributed by atoms with van der Waals surface area (Å²) in [7, 11) is 0. The summed E-state index contributed by atoms with van der Waals surface area (Å²) in [4.78, 5) is 11.3. The van der Waals surface area contributed by atoms with Gasteiger partial charge in [0, 0.05) is 11.8 Å². The molecule has 0 atom stereocenters. The second-order valence-corrected chi connectivity index (χ2v) is 4.74. The zero-order valence-electron chi connectivity index (χ0n) is 11.3. The first-order chi connectivity index (χ1) is 8.81. The minimum Gasteiger partial charge on any atom is -0.463 e. The molecule has 0 aliphatic carbocycles. The smallest absolute Gasteiger partial charge is 0.305 e. The number of hydrogen-bond donors (Lipinski definition) is 0. The molecule has 0 saturated heterocycles. The average molecular weight is 325 g/mol. The highest BCUT2D eigenvalue weighted by molar-refractivity contribution is 9.09. The molecule has 0 heterocycles. The van der Waals surface area contributed by atoms with Crippen molar-refractivity contribution in [3.05, 3.63) is 0 Å². The van der Waals surface area contributed by atoms with Gasteiger partial charge in [0.1, 0.15) is 6.61 Å². The molecule has 0 unspecified atom stereocenters. The molecule has 0 aromatic heterocycles. The fraction of sp³-hybridized carbons (Fsp3) is 0.923. The molecule has 0 N–H and O–H groups in total. The van der Waals surface area contributed by atoms with E-state index in [2.05, 4.69) is 22.9 Å². The molecule has 0 saturated carbocycles. The van der Waals surface area contributed by atoms with Crippen molar-refractivity contribution in [2.24, 2.45) is 0 Å². The van der Waals surface area contributed by atoms with Gasteiger partial charge in [0.15, 0.2) is 0 Å². The first-order valence-corrected chi connectivity index (χ1v) is 7.80. The minimum absolute atomic E-state index is 0.120. The third kappa shape index (κ3) is 13.9. The third-order valence-electron chi connectivity index (χ3n) is 2.32.